The number of fused-ring (bicyclic) bond motifs is 2. The van der Waals surface area contributed by atoms with Crippen molar-refractivity contribution in [2.24, 2.45) is 0 Å². The molecule has 2 saturated heterocycles. The van der Waals surface area contributed by atoms with E-state index in [1.54, 1.807) is 21.1 Å². The summed E-state index contributed by atoms with van der Waals surface area (Å²) in [5.74, 6) is -0.488. The van der Waals surface area contributed by atoms with Crippen LogP contribution in [0.25, 0.3) is 10.9 Å². The summed E-state index contributed by atoms with van der Waals surface area (Å²) in [6.07, 6.45) is 7.34. The predicted molar refractivity (Wildman–Crippen MR) is 141 cm³/mol. The Morgan fingerprint density at radius 2 is 1.95 bits per heavy atom. The van der Waals surface area contributed by atoms with Gasteiger partial charge in [-0.05, 0) is 63.9 Å². The van der Waals surface area contributed by atoms with Crippen LogP contribution in [0.15, 0.2) is 24.4 Å². The molecule has 8 nitrogen and oxygen atoms in total. The van der Waals surface area contributed by atoms with E-state index in [0.29, 0.717) is 12.6 Å². The van der Waals surface area contributed by atoms with E-state index in [2.05, 4.69) is 20.5 Å². The topological polar surface area (TPSA) is 89.7 Å². The largest absolute Gasteiger partial charge is 0.379 e. The first-order valence-electron chi connectivity index (χ1n) is 13.7. The number of ether oxygens (including phenoxy) is 1. The van der Waals surface area contributed by atoms with Crippen molar-refractivity contribution >= 4 is 22.7 Å². The number of nitrogens with zero attached hydrogens (tertiary/aromatic N) is 2. The van der Waals surface area contributed by atoms with E-state index in [-0.39, 0.29) is 35.6 Å². The standard InChI is InChI=1S/C28H40FN5O3/c1-16(30-3)27(35)32-25(17(2)37-4)28(36)33-12-11-24-26(33)22(15-34(24)19-7-5-6-8-19)21-14-31-23-13-18(29)9-10-20(21)23/h9-10,13-14,16-17,19,22,24-26,30-31H,5-8,11-12,15H2,1-4H3,(H,32,35)/t16-,17+,22+,24+,25-,26+/m0/s1. The molecule has 3 aliphatic rings. The molecule has 5 rings (SSSR count). The van der Waals surface area contributed by atoms with Crippen molar-refractivity contribution in [2.45, 2.75) is 88.2 Å². The molecular weight excluding hydrogens is 473 g/mol. The quantitative estimate of drug-likeness (QED) is 0.505. The highest BCUT2D eigenvalue weighted by Gasteiger charge is 2.53. The van der Waals surface area contributed by atoms with Gasteiger partial charge >= 0.3 is 0 Å². The van der Waals surface area contributed by atoms with Gasteiger partial charge in [-0.1, -0.05) is 12.8 Å². The molecule has 6 atom stereocenters. The third-order valence-corrected chi connectivity index (χ3v) is 9.05. The van der Waals surface area contributed by atoms with Gasteiger partial charge in [-0.3, -0.25) is 14.5 Å². The first-order valence-corrected chi connectivity index (χ1v) is 13.7. The van der Waals surface area contributed by atoms with Gasteiger partial charge in [-0.15, -0.1) is 0 Å². The smallest absolute Gasteiger partial charge is 0.248 e. The average molecular weight is 514 g/mol. The van der Waals surface area contributed by atoms with Gasteiger partial charge in [0.05, 0.1) is 18.2 Å². The van der Waals surface area contributed by atoms with Crippen molar-refractivity contribution in [3.8, 4) is 0 Å². The van der Waals surface area contributed by atoms with Crippen LogP contribution in [-0.2, 0) is 14.3 Å². The second-order valence-corrected chi connectivity index (χ2v) is 11.0. The number of likely N-dealkylation sites (N-methyl/N-ethyl adjacent to an activating group) is 1. The zero-order valence-corrected chi connectivity index (χ0v) is 22.3. The molecule has 3 fully saturated rings. The van der Waals surface area contributed by atoms with E-state index in [1.165, 1.54) is 37.8 Å². The van der Waals surface area contributed by atoms with Crippen LogP contribution in [0.4, 0.5) is 4.39 Å². The maximum Gasteiger partial charge on any atom is 0.248 e. The number of hydrogen-bond donors (Lipinski definition) is 3. The van der Waals surface area contributed by atoms with E-state index in [4.69, 9.17) is 4.74 Å². The van der Waals surface area contributed by atoms with E-state index in [0.717, 1.165) is 29.4 Å². The Balaban J connectivity index is 1.48. The predicted octanol–water partition coefficient (Wildman–Crippen LogP) is 2.75. The van der Waals surface area contributed by atoms with Gasteiger partial charge in [0.25, 0.3) is 0 Å². The van der Waals surface area contributed by atoms with Crippen molar-refractivity contribution < 1.29 is 18.7 Å². The summed E-state index contributed by atoms with van der Waals surface area (Å²) in [6.45, 7) is 5.12. The fourth-order valence-corrected chi connectivity index (χ4v) is 6.84. The van der Waals surface area contributed by atoms with Gasteiger partial charge < -0.3 is 25.3 Å². The van der Waals surface area contributed by atoms with Crippen molar-refractivity contribution in [3.05, 3.63) is 35.8 Å². The summed E-state index contributed by atoms with van der Waals surface area (Å²) >= 11 is 0. The first-order chi connectivity index (χ1) is 17.8. The number of nitrogens with one attached hydrogen (secondary N) is 3. The number of aromatic amines is 1. The van der Waals surface area contributed by atoms with Crippen LogP contribution in [0.3, 0.4) is 0 Å². The normalized spacial score (nSPS) is 26.9. The molecule has 0 spiro atoms. The fourth-order valence-electron chi connectivity index (χ4n) is 6.84. The van der Waals surface area contributed by atoms with Crippen LogP contribution in [0.2, 0.25) is 0 Å². The summed E-state index contributed by atoms with van der Waals surface area (Å²) in [6, 6.07) is 4.49. The molecule has 3 N–H and O–H groups in total. The van der Waals surface area contributed by atoms with Crippen molar-refractivity contribution in [1.82, 2.24) is 25.4 Å². The lowest BCUT2D eigenvalue weighted by atomic mass is 9.91. The molecule has 2 amide bonds. The Hall–Kier alpha value is -2.49. The molecule has 1 saturated carbocycles. The van der Waals surface area contributed by atoms with Gasteiger partial charge in [0, 0.05) is 55.3 Å². The number of hydrogen-bond acceptors (Lipinski definition) is 5. The third-order valence-electron chi connectivity index (χ3n) is 9.05. The van der Waals surface area contributed by atoms with Crippen LogP contribution in [-0.4, -0.2) is 90.2 Å². The molecule has 1 aromatic heterocycles. The van der Waals surface area contributed by atoms with Crippen molar-refractivity contribution in [3.63, 3.8) is 0 Å². The monoisotopic (exact) mass is 513 g/mol. The summed E-state index contributed by atoms with van der Waals surface area (Å²) in [4.78, 5) is 34.8. The number of benzene rings is 1. The Morgan fingerprint density at radius 3 is 2.65 bits per heavy atom. The average Bonchev–Trinajstić information content (AvgIpc) is 3.69. The number of amides is 2. The number of aromatic nitrogens is 1. The molecule has 0 radical (unpaired) electrons. The summed E-state index contributed by atoms with van der Waals surface area (Å²) in [5.41, 5.74) is 1.91. The Kier molecular flexibility index (Phi) is 7.56. The number of carbonyl (C=O) groups is 2. The highest BCUT2D eigenvalue weighted by atomic mass is 19.1. The zero-order valence-electron chi connectivity index (χ0n) is 22.3. The van der Waals surface area contributed by atoms with Gasteiger partial charge in [-0.25, -0.2) is 4.39 Å². The minimum absolute atomic E-state index is 0.0117. The molecular formula is C28H40FN5O3. The SMILES string of the molecule is CN[C@@H](C)C(=O)N[C@H](C(=O)N1CC[C@@H]2[C@H]1[C@@H](c1c[nH]c3cc(F)ccc13)CN2C1CCCC1)[C@@H](C)OC. The first kappa shape index (κ1) is 26.1. The van der Waals surface area contributed by atoms with Gasteiger partial charge in [0.15, 0.2) is 0 Å². The maximum atomic E-state index is 14.1. The summed E-state index contributed by atoms with van der Waals surface area (Å²) in [7, 11) is 3.29. The lowest BCUT2D eigenvalue weighted by molar-refractivity contribution is -0.141. The second-order valence-electron chi connectivity index (χ2n) is 11.0. The molecule has 2 aliphatic heterocycles. The van der Waals surface area contributed by atoms with E-state index in [1.807, 2.05) is 24.1 Å². The van der Waals surface area contributed by atoms with Gasteiger partial charge in [0.2, 0.25) is 11.8 Å². The molecule has 1 aliphatic carbocycles. The molecule has 0 unspecified atom stereocenters. The molecule has 2 aromatic rings. The van der Waals surface area contributed by atoms with Crippen LogP contribution in [0.5, 0.6) is 0 Å². The number of methoxy groups -OCH3 is 1. The van der Waals surface area contributed by atoms with Crippen LogP contribution >= 0.6 is 0 Å². The Bertz CT molecular complexity index is 1130. The number of halogens is 1. The number of rotatable bonds is 8. The van der Waals surface area contributed by atoms with Crippen LogP contribution < -0.4 is 10.6 Å². The minimum atomic E-state index is -0.773. The highest BCUT2D eigenvalue weighted by molar-refractivity contribution is 5.91. The highest BCUT2D eigenvalue weighted by Crippen LogP contribution is 2.46. The minimum Gasteiger partial charge on any atom is -0.379 e. The van der Waals surface area contributed by atoms with Gasteiger partial charge in [-0.2, -0.15) is 0 Å². The van der Waals surface area contributed by atoms with Gasteiger partial charge in [0.1, 0.15) is 11.9 Å². The summed E-state index contributed by atoms with van der Waals surface area (Å²) in [5, 5.41) is 6.90. The molecule has 1 aromatic carbocycles. The number of carbonyl (C=O) groups excluding carboxylic acids is 2. The fraction of sp³-hybridized carbons (Fsp3) is 0.643. The Labute approximate surface area is 218 Å². The van der Waals surface area contributed by atoms with Crippen LogP contribution in [0.1, 0.15) is 57.4 Å². The van der Waals surface area contributed by atoms with E-state index < -0.39 is 18.2 Å². The lowest BCUT2D eigenvalue weighted by Gasteiger charge is -2.34. The molecule has 37 heavy (non-hydrogen) atoms. The third kappa shape index (κ3) is 4.77. The molecule has 0 bridgehead atoms. The Morgan fingerprint density at radius 1 is 1.19 bits per heavy atom. The molecule has 9 heteroatoms. The summed E-state index contributed by atoms with van der Waals surface area (Å²) < 4.78 is 19.5. The second kappa shape index (κ2) is 10.7. The molecule has 202 valence electrons. The van der Waals surface area contributed by atoms with Crippen molar-refractivity contribution in [1.29, 1.82) is 0 Å². The van der Waals surface area contributed by atoms with Crippen molar-refractivity contribution in [2.75, 3.05) is 27.2 Å². The van der Waals surface area contributed by atoms with Crippen LogP contribution in [0, 0.1) is 5.82 Å². The van der Waals surface area contributed by atoms with E-state index in [9.17, 15) is 14.0 Å². The van der Waals surface area contributed by atoms with E-state index >= 15 is 0 Å². The zero-order chi connectivity index (χ0) is 26.3. The molecule has 3 heterocycles. The lowest BCUT2D eigenvalue weighted by Crippen LogP contribution is -2.58. The number of H-pyrrole nitrogens is 1. The number of likely N-dealkylation sites (tertiary alicyclic amines) is 2. The maximum absolute atomic E-state index is 14.1.